The van der Waals surface area contributed by atoms with Gasteiger partial charge in [-0.1, -0.05) is 6.92 Å². The molecule has 0 spiro atoms. The molecule has 1 aliphatic heterocycles. The van der Waals surface area contributed by atoms with E-state index in [4.69, 9.17) is 14.9 Å². The zero-order valence-electron chi connectivity index (χ0n) is 6.47. The van der Waals surface area contributed by atoms with Crippen LogP contribution in [0, 0.1) is 0 Å². The van der Waals surface area contributed by atoms with Crippen LogP contribution in [0.3, 0.4) is 0 Å². The topological polar surface area (TPSA) is 69.9 Å². The fourth-order valence-electron chi connectivity index (χ4n) is 1.23. The summed E-state index contributed by atoms with van der Waals surface area (Å²) in [6, 6.07) is 0. The molecule has 4 atom stereocenters. The van der Waals surface area contributed by atoms with Gasteiger partial charge in [-0.25, -0.2) is 0 Å². The van der Waals surface area contributed by atoms with Crippen LogP contribution in [0.4, 0.5) is 0 Å². The van der Waals surface area contributed by atoms with Crippen LogP contribution in [-0.4, -0.2) is 46.3 Å². The molecule has 0 saturated carbocycles. The lowest BCUT2D eigenvalue weighted by molar-refractivity contribution is -0.187. The second kappa shape index (κ2) is 3.49. The summed E-state index contributed by atoms with van der Waals surface area (Å²) in [6.07, 6.45) is -2.66. The third kappa shape index (κ3) is 1.70. The Balaban J connectivity index is 2.52. The lowest BCUT2D eigenvalue weighted by Crippen LogP contribution is -2.52. The molecule has 0 aromatic carbocycles. The van der Waals surface area contributed by atoms with Crippen molar-refractivity contribution in [2.75, 3.05) is 6.61 Å². The van der Waals surface area contributed by atoms with Gasteiger partial charge < -0.3 is 20.1 Å². The van der Waals surface area contributed by atoms with Crippen molar-refractivity contribution in [3.05, 3.63) is 0 Å². The van der Waals surface area contributed by atoms with E-state index in [1.54, 1.807) is 0 Å². The van der Waals surface area contributed by atoms with E-state index in [2.05, 4.69) is 0 Å². The Kier molecular flexibility index (Phi) is 2.84. The maximum atomic E-state index is 9.27. The minimum Gasteiger partial charge on any atom is -0.388 e. The molecule has 0 aromatic heterocycles. The molecule has 1 saturated heterocycles. The highest BCUT2D eigenvalue weighted by Gasteiger charge is 2.36. The van der Waals surface area contributed by atoms with Crippen molar-refractivity contribution in [3.8, 4) is 0 Å². The van der Waals surface area contributed by atoms with Crippen LogP contribution in [0.15, 0.2) is 0 Å². The molecule has 0 radical (unpaired) electrons. The van der Waals surface area contributed by atoms with Crippen molar-refractivity contribution in [2.45, 2.75) is 37.8 Å². The van der Waals surface area contributed by atoms with Crippen LogP contribution >= 0.6 is 0 Å². The number of aliphatic hydroxyl groups excluding tert-OH is 3. The molecule has 4 nitrogen and oxygen atoms in total. The first kappa shape index (κ1) is 8.93. The number of hydrogen-bond donors (Lipinski definition) is 3. The summed E-state index contributed by atoms with van der Waals surface area (Å²) in [6.45, 7) is 1.97. The summed E-state index contributed by atoms with van der Waals surface area (Å²) >= 11 is 0. The predicted molar refractivity (Wildman–Crippen MR) is 38.1 cm³/mol. The molecule has 66 valence electrons. The largest absolute Gasteiger partial charge is 0.388 e. The lowest BCUT2D eigenvalue weighted by atomic mass is 9.99. The van der Waals surface area contributed by atoms with Crippen LogP contribution in [0.1, 0.15) is 13.3 Å². The standard InChI is InChI=1S/C7H14O4/c1-2-5-7(10)6(9)4(8)3-11-5/h4-10H,2-3H2,1H3/t4-,5-,6+,7+/m1/s1. The summed E-state index contributed by atoms with van der Waals surface area (Å²) in [4.78, 5) is 0. The first-order valence-corrected chi connectivity index (χ1v) is 3.82. The molecule has 4 heteroatoms. The molecule has 1 heterocycles. The maximum absolute atomic E-state index is 9.27. The van der Waals surface area contributed by atoms with Gasteiger partial charge in [-0.05, 0) is 6.42 Å². The summed E-state index contributed by atoms with van der Waals surface area (Å²) < 4.78 is 5.06. The molecule has 0 aliphatic carbocycles. The van der Waals surface area contributed by atoms with E-state index in [9.17, 15) is 5.11 Å². The molecule has 1 rings (SSSR count). The van der Waals surface area contributed by atoms with Gasteiger partial charge in [0.1, 0.15) is 18.3 Å². The van der Waals surface area contributed by atoms with Crippen molar-refractivity contribution in [3.63, 3.8) is 0 Å². The third-order valence-electron chi connectivity index (χ3n) is 2.01. The number of hydrogen-bond acceptors (Lipinski definition) is 4. The van der Waals surface area contributed by atoms with Gasteiger partial charge >= 0.3 is 0 Å². The number of ether oxygens (including phenoxy) is 1. The molecule has 0 bridgehead atoms. The Morgan fingerprint density at radius 3 is 2.45 bits per heavy atom. The summed E-state index contributed by atoms with van der Waals surface area (Å²) in [5.41, 5.74) is 0. The monoisotopic (exact) mass is 162 g/mol. The fraction of sp³-hybridized carbons (Fsp3) is 1.00. The maximum Gasteiger partial charge on any atom is 0.111 e. The minimum absolute atomic E-state index is 0.108. The van der Waals surface area contributed by atoms with Gasteiger partial charge in [-0.3, -0.25) is 0 Å². The molecule has 0 unspecified atom stereocenters. The Hall–Kier alpha value is -0.160. The average molecular weight is 162 g/mol. The predicted octanol–water partition coefficient (Wildman–Crippen LogP) is -1.12. The van der Waals surface area contributed by atoms with E-state index in [1.807, 2.05) is 6.92 Å². The van der Waals surface area contributed by atoms with Crippen LogP contribution < -0.4 is 0 Å². The van der Waals surface area contributed by atoms with Gasteiger partial charge in [0.05, 0.1) is 12.7 Å². The van der Waals surface area contributed by atoms with E-state index >= 15 is 0 Å². The van der Waals surface area contributed by atoms with E-state index in [1.165, 1.54) is 0 Å². The van der Waals surface area contributed by atoms with Crippen molar-refractivity contribution >= 4 is 0 Å². The van der Waals surface area contributed by atoms with Gasteiger partial charge in [0, 0.05) is 0 Å². The summed E-state index contributed by atoms with van der Waals surface area (Å²) in [7, 11) is 0. The van der Waals surface area contributed by atoms with Gasteiger partial charge in [-0.2, -0.15) is 0 Å². The highest BCUT2D eigenvalue weighted by molar-refractivity contribution is 4.85. The normalized spacial score (nSPS) is 45.8. The van der Waals surface area contributed by atoms with Gasteiger partial charge in [0.2, 0.25) is 0 Å². The van der Waals surface area contributed by atoms with Crippen LogP contribution in [0.5, 0.6) is 0 Å². The van der Waals surface area contributed by atoms with E-state index < -0.39 is 18.3 Å². The smallest absolute Gasteiger partial charge is 0.111 e. The van der Waals surface area contributed by atoms with Crippen LogP contribution in [-0.2, 0) is 4.74 Å². The molecule has 0 amide bonds. The first-order chi connectivity index (χ1) is 5.16. The Morgan fingerprint density at radius 2 is 1.91 bits per heavy atom. The SMILES string of the molecule is CC[C@H]1OC[C@@H](O)[C@H](O)[C@H]1O. The molecule has 1 aliphatic rings. The van der Waals surface area contributed by atoms with Crippen molar-refractivity contribution < 1.29 is 20.1 Å². The second-order valence-electron chi connectivity index (χ2n) is 2.83. The van der Waals surface area contributed by atoms with Crippen molar-refractivity contribution in [2.24, 2.45) is 0 Å². The second-order valence-corrected chi connectivity index (χ2v) is 2.83. The highest BCUT2D eigenvalue weighted by atomic mass is 16.5. The van der Waals surface area contributed by atoms with Crippen molar-refractivity contribution in [1.82, 2.24) is 0 Å². The average Bonchev–Trinajstić information content (AvgIpc) is 2.01. The Bertz CT molecular complexity index is 126. The van der Waals surface area contributed by atoms with Crippen molar-refractivity contribution in [1.29, 1.82) is 0 Å². The zero-order valence-corrected chi connectivity index (χ0v) is 6.47. The van der Waals surface area contributed by atoms with Gasteiger partial charge in [-0.15, -0.1) is 0 Å². The summed E-state index contributed by atoms with van der Waals surface area (Å²) in [5.74, 6) is 0. The lowest BCUT2D eigenvalue weighted by Gasteiger charge is -2.34. The Labute approximate surface area is 65.4 Å². The first-order valence-electron chi connectivity index (χ1n) is 3.82. The van der Waals surface area contributed by atoms with Crippen LogP contribution in [0.2, 0.25) is 0 Å². The molecule has 1 fully saturated rings. The summed E-state index contributed by atoms with van der Waals surface area (Å²) in [5, 5.41) is 27.5. The molecular formula is C7H14O4. The number of rotatable bonds is 1. The quantitative estimate of drug-likeness (QED) is 0.456. The minimum atomic E-state index is -1.06. The van der Waals surface area contributed by atoms with E-state index in [0.717, 1.165) is 0 Å². The zero-order chi connectivity index (χ0) is 8.43. The van der Waals surface area contributed by atoms with Crippen LogP contribution in [0.25, 0.3) is 0 Å². The molecule has 3 N–H and O–H groups in total. The van der Waals surface area contributed by atoms with E-state index in [-0.39, 0.29) is 12.7 Å². The fourth-order valence-corrected chi connectivity index (χ4v) is 1.23. The highest BCUT2D eigenvalue weighted by Crippen LogP contribution is 2.17. The van der Waals surface area contributed by atoms with Gasteiger partial charge in [0.25, 0.3) is 0 Å². The molecule has 0 aromatic rings. The molecule has 11 heavy (non-hydrogen) atoms. The van der Waals surface area contributed by atoms with Gasteiger partial charge in [0.15, 0.2) is 0 Å². The third-order valence-corrected chi connectivity index (χ3v) is 2.01. The van der Waals surface area contributed by atoms with E-state index in [0.29, 0.717) is 6.42 Å². The Morgan fingerprint density at radius 1 is 1.27 bits per heavy atom. The number of aliphatic hydroxyl groups is 3. The molecular weight excluding hydrogens is 148 g/mol.